The number of rotatable bonds is 7. The molecule has 0 bridgehead atoms. The molecule has 0 radical (unpaired) electrons. The van der Waals surface area contributed by atoms with Crippen molar-refractivity contribution >= 4 is 11.6 Å². The molecule has 4 nitrogen and oxygen atoms in total. The summed E-state index contributed by atoms with van der Waals surface area (Å²) in [4.78, 5) is 12.7. The molecule has 2 aromatic carbocycles. The van der Waals surface area contributed by atoms with Gasteiger partial charge in [-0.05, 0) is 68.4 Å². The maximum absolute atomic E-state index is 12.7. The molecule has 0 aliphatic heterocycles. The van der Waals surface area contributed by atoms with Crippen molar-refractivity contribution in [2.75, 3.05) is 12.4 Å². The molecule has 1 aliphatic carbocycles. The van der Waals surface area contributed by atoms with Crippen LogP contribution in [0.4, 0.5) is 5.69 Å². The minimum Gasteiger partial charge on any atom is -0.488 e. The molecule has 1 N–H and O–H groups in total. The van der Waals surface area contributed by atoms with Gasteiger partial charge < -0.3 is 14.8 Å². The van der Waals surface area contributed by atoms with Crippen LogP contribution in [0.25, 0.3) is 0 Å². The second kappa shape index (κ2) is 7.50. The van der Waals surface area contributed by atoms with Crippen LogP contribution in [0.5, 0.6) is 5.75 Å². The molecule has 1 amide bonds. The topological polar surface area (TPSA) is 47.6 Å². The Labute approximate surface area is 155 Å². The van der Waals surface area contributed by atoms with E-state index in [2.05, 4.69) is 5.32 Å². The maximum Gasteiger partial charge on any atom is 0.256 e. The molecular formula is C22H27NO3. The van der Waals surface area contributed by atoms with Crippen LogP contribution in [0, 0.1) is 19.8 Å². The third kappa shape index (κ3) is 3.91. The fraction of sp³-hybridized carbons (Fsp3) is 0.409. The molecular weight excluding hydrogens is 326 g/mol. The lowest BCUT2D eigenvalue weighted by molar-refractivity contribution is -0.138. The van der Waals surface area contributed by atoms with Gasteiger partial charge in [0.25, 0.3) is 5.91 Å². The van der Waals surface area contributed by atoms with E-state index in [-0.39, 0.29) is 5.91 Å². The fourth-order valence-corrected chi connectivity index (χ4v) is 3.31. The zero-order chi connectivity index (χ0) is 18.7. The highest BCUT2D eigenvalue weighted by Gasteiger charge is 2.47. The molecule has 1 saturated carbocycles. The average molecular weight is 353 g/mol. The summed E-state index contributed by atoms with van der Waals surface area (Å²) in [6.45, 7) is 6.40. The summed E-state index contributed by atoms with van der Waals surface area (Å²) in [5.41, 5.74) is 3.15. The molecule has 0 heterocycles. The Balaban J connectivity index is 1.71. The lowest BCUT2D eigenvalue weighted by Gasteiger charge is -2.27. The summed E-state index contributed by atoms with van der Waals surface area (Å²) >= 11 is 0. The van der Waals surface area contributed by atoms with Gasteiger partial charge in [0, 0.05) is 12.8 Å². The van der Waals surface area contributed by atoms with Gasteiger partial charge in [0.15, 0.2) is 0 Å². The van der Waals surface area contributed by atoms with Gasteiger partial charge in [-0.2, -0.15) is 0 Å². The SMILES string of the molecule is COC(C)(C(=O)Nc1cc(C)c(OCc2ccccc2)c(C)c1)C1CC1. The van der Waals surface area contributed by atoms with Gasteiger partial charge in [0.05, 0.1) is 0 Å². The Hall–Kier alpha value is -2.33. The maximum atomic E-state index is 12.7. The molecule has 1 aliphatic rings. The summed E-state index contributed by atoms with van der Waals surface area (Å²) in [6.07, 6.45) is 2.09. The van der Waals surface area contributed by atoms with Crippen molar-refractivity contribution in [3.63, 3.8) is 0 Å². The summed E-state index contributed by atoms with van der Waals surface area (Å²) in [5.74, 6) is 1.09. The second-order valence-corrected chi connectivity index (χ2v) is 7.25. The number of hydrogen-bond acceptors (Lipinski definition) is 3. The summed E-state index contributed by atoms with van der Waals surface area (Å²) in [6, 6.07) is 14.0. The first-order chi connectivity index (χ1) is 12.4. The van der Waals surface area contributed by atoms with E-state index in [0.717, 1.165) is 41.0 Å². The standard InChI is InChI=1S/C22H27NO3/c1-15-12-19(23-21(24)22(3,25-4)18-10-11-18)13-16(2)20(15)26-14-17-8-6-5-7-9-17/h5-9,12-13,18H,10-11,14H2,1-4H3,(H,23,24). The number of carbonyl (C=O) groups is 1. The Morgan fingerprint density at radius 1 is 1.15 bits per heavy atom. The molecule has 1 unspecified atom stereocenters. The highest BCUT2D eigenvalue weighted by molar-refractivity contribution is 5.97. The number of benzene rings is 2. The molecule has 1 atom stereocenters. The number of amides is 1. The van der Waals surface area contributed by atoms with Crippen LogP contribution in [0.2, 0.25) is 0 Å². The van der Waals surface area contributed by atoms with E-state index in [1.165, 1.54) is 0 Å². The predicted octanol–water partition coefficient (Wildman–Crippen LogP) is 4.64. The number of nitrogens with one attached hydrogen (secondary N) is 1. The van der Waals surface area contributed by atoms with Crippen LogP contribution in [0.1, 0.15) is 36.5 Å². The molecule has 3 rings (SSSR count). The number of aryl methyl sites for hydroxylation is 2. The van der Waals surface area contributed by atoms with E-state index in [4.69, 9.17) is 9.47 Å². The second-order valence-electron chi connectivity index (χ2n) is 7.25. The number of hydrogen-bond donors (Lipinski definition) is 1. The molecule has 138 valence electrons. The molecule has 0 aromatic heterocycles. The quantitative estimate of drug-likeness (QED) is 0.789. The van der Waals surface area contributed by atoms with Gasteiger partial charge in [0.1, 0.15) is 18.0 Å². The van der Waals surface area contributed by atoms with Crippen LogP contribution < -0.4 is 10.1 Å². The molecule has 26 heavy (non-hydrogen) atoms. The zero-order valence-corrected chi connectivity index (χ0v) is 16.0. The number of ether oxygens (including phenoxy) is 2. The Morgan fingerprint density at radius 2 is 1.77 bits per heavy atom. The minimum absolute atomic E-state index is 0.0840. The van der Waals surface area contributed by atoms with Crippen LogP contribution in [-0.2, 0) is 16.1 Å². The Kier molecular flexibility index (Phi) is 5.33. The third-order valence-corrected chi connectivity index (χ3v) is 5.18. The number of methoxy groups -OCH3 is 1. The van der Waals surface area contributed by atoms with Gasteiger partial charge in [-0.15, -0.1) is 0 Å². The van der Waals surface area contributed by atoms with E-state index in [1.807, 2.05) is 63.2 Å². The van der Waals surface area contributed by atoms with Gasteiger partial charge in [-0.25, -0.2) is 0 Å². The first-order valence-corrected chi connectivity index (χ1v) is 9.08. The van der Waals surface area contributed by atoms with Gasteiger partial charge in [0.2, 0.25) is 0 Å². The van der Waals surface area contributed by atoms with Gasteiger partial charge in [-0.1, -0.05) is 30.3 Å². The van der Waals surface area contributed by atoms with E-state index in [9.17, 15) is 4.79 Å². The number of anilines is 1. The van der Waals surface area contributed by atoms with Crippen molar-refractivity contribution in [3.8, 4) is 5.75 Å². The van der Waals surface area contributed by atoms with E-state index in [0.29, 0.717) is 12.5 Å². The average Bonchev–Trinajstić information content (AvgIpc) is 3.46. The first kappa shape index (κ1) is 18.5. The summed E-state index contributed by atoms with van der Waals surface area (Å²) < 4.78 is 11.5. The lowest BCUT2D eigenvalue weighted by Crippen LogP contribution is -2.44. The van der Waals surface area contributed by atoms with Crippen LogP contribution in [-0.4, -0.2) is 18.6 Å². The monoisotopic (exact) mass is 353 g/mol. The van der Waals surface area contributed by atoms with Crippen LogP contribution >= 0.6 is 0 Å². The highest BCUT2D eigenvalue weighted by atomic mass is 16.5. The molecule has 0 spiro atoms. The predicted molar refractivity (Wildman–Crippen MR) is 103 cm³/mol. The third-order valence-electron chi connectivity index (χ3n) is 5.18. The zero-order valence-electron chi connectivity index (χ0n) is 16.0. The van der Waals surface area contributed by atoms with Gasteiger partial charge >= 0.3 is 0 Å². The Bertz CT molecular complexity index is 760. The lowest BCUT2D eigenvalue weighted by atomic mass is 9.98. The summed E-state index contributed by atoms with van der Waals surface area (Å²) in [5, 5.41) is 3.02. The highest BCUT2D eigenvalue weighted by Crippen LogP contribution is 2.42. The normalized spacial score (nSPS) is 16.0. The van der Waals surface area contributed by atoms with Crippen molar-refractivity contribution < 1.29 is 14.3 Å². The smallest absolute Gasteiger partial charge is 0.256 e. The fourth-order valence-electron chi connectivity index (χ4n) is 3.31. The van der Waals surface area contributed by atoms with Crippen LogP contribution in [0.15, 0.2) is 42.5 Å². The van der Waals surface area contributed by atoms with E-state index in [1.54, 1.807) is 7.11 Å². The van der Waals surface area contributed by atoms with E-state index < -0.39 is 5.60 Å². The largest absolute Gasteiger partial charge is 0.488 e. The van der Waals surface area contributed by atoms with Crippen molar-refractivity contribution in [2.45, 2.75) is 45.8 Å². The minimum atomic E-state index is -0.760. The molecule has 4 heteroatoms. The van der Waals surface area contributed by atoms with Crippen molar-refractivity contribution in [3.05, 3.63) is 59.2 Å². The van der Waals surface area contributed by atoms with Crippen molar-refractivity contribution in [1.29, 1.82) is 0 Å². The first-order valence-electron chi connectivity index (χ1n) is 9.08. The van der Waals surface area contributed by atoms with Gasteiger partial charge in [-0.3, -0.25) is 4.79 Å². The van der Waals surface area contributed by atoms with Crippen molar-refractivity contribution in [1.82, 2.24) is 0 Å². The Morgan fingerprint density at radius 3 is 2.31 bits per heavy atom. The summed E-state index contributed by atoms with van der Waals surface area (Å²) in [7, 11) is 1.61. The van der Waals surface area contributed by atoms with Crippen LogP contribution in [0.3, 0.4) is 0 Å². The van der Waals surface area contributed by atoms with E-state index >= 15 is 0 Å². The molecule has 0 saturated heterocycles. The molecule has 2 aromatic rings. The molecule has 1 fully saturated rings. The number of carbonyl (C=O) groups excluding carboxylic acids is 1. The van der Waals surface area contributed by atoms with Crippen molar-refractivity contribution in [2.24, 2.45) is 5.92 Å².